The van der Waals surface area contributed by atoms with Gasteiger partial charge in [0.1, 0.15) is 24.2 Å². The lowest BCUT2D eigenvalue weighted by atomic mass is 10.2. The van der Waals surface area contributed by atoms with Crippen molar-refractivity contribution < 1.29 is 18.7 Å². The number of halogens is 1. The van der Waals surface area contributed by atoms with Crippen molar-refractivity contribution in [3.05, 3.63) is 30.1 Å². The first kappa shape index (κ1) is 15.7. The van der Waals surface area contributed by atoms with Crippen LogP contribution in [0, 0.1) is 5.82 Å². The van der Waals surface area contributed by atoms with Gasteiger partial charge in [-0.1, -0.05) is 0 Å². The van der Waals surface area contributed by atoms with Crippen LogP contribution in [0.25, 0.3) is 0 Å². The molecule has 2 rings (SSSR count). The van der Waals surface area contributed by atoms with Crippen molar-refractivity contribution in [3.8, 4) is 5.75 Å². The summed E-state index contributed by atoms with van der Waals surface area (Å²) >= 11 is 0. The molecule has 1 atom stereocenters. The van der Waals surface area contributed by atoms with Gasteiger partial charge in [-0.2, -0.15) is 0 Å². The Morgan fingerprint density at radius 1 is 1.43 bits per heavy atom. The predicted molar refractivity (Wildman–Crippen MR) is 76.8 cm³/mol. The van der Waals surface area contributed by atoms with Gasteiger partial charge in [0.2, 0.25) is 0 Å². The fourth-order valence-electron chi connectivity index (χ4n) is 2.24. The molecule has 0 saturated carbocycles. The molecule has 6 heteroatoms. The van der Waals surface area contributed by atoms with Crippen LogP contribution in [0.15, 0.2) is 24.3 Å². The monoisotopic (exact) mass is 296 g/mol. The van der Waals surface area contributed by atoms with E-state index in [2.05, 4.69) is 10.2 Å². The fraction of sp³-hybridized carbons (Fsp3) is 0.533. The summed E-state index contributed by atoms with van der Waals surface area (Å²) in [6.07, 6.45) is 0. The average molecular weight is 296 g/mol. The number of hydrogen-bond donors (Lipinski definition) is 1. The van der Waals surface area contributed by atoms with Gasteiger partial charge >= 0.3 is 5.97 Å². The summed E-state index contributed by atoms with van der Waals surface area (Å²) in [6, 6.07) is 5.68. The highest BCUT2D eigenvalue weighted by Crippen LogP contribution is 2.11. The number of piperazine rings is 1. The number of esters is 1. The molecule has 0 aliphatic carbocycles. The first-order chi connectivity index (χ1) is 10.2. The summed E-state index contributed by atoms with van der Waals surface area (Å²) < 4.78 is 23.3. The molecule has 1 aromatic rings. The zero-order valence-electron chi connectivity index (χ0n) is 12.2. The molecule has 5 nitrogen and oxygen atoms in total. The number of ether oxygens (including phenoxy) is 2. The zero-order chi connectivity index (χ0) is 15.1. The second-order valence-electron chi connectivity index (χ2n) is 4.86. The molecule has 1 saturated heterocycles. The van der Waals surface area contributed by atoms with Gasteiger partial charge in [-0.3, -0.25) is 9.69 Å². The lowest BCUT2D eigenvalue weighted by Crippen LogP contribution is -2.55. The van der Waals surface area contributed by atoms with E-state index >= 15 is 0 Å². The molecule has 0 bridgehead atoms. The minimum Gasteiger partial charge on any atom is -0.492 e. The molecule has 1 heterocycles. The Balaban J connectivity index is 1.72. The lowest BCUT2D eigenvalue weighted by molar-refractivity contribution is -0.146. The second kappa shape index (κ2) is 7.95. The van der Waals surface area contributed by atoms with Gasteiger partial charge in [0.05, 0.1) is 6.61 Å². The molecule has 116 valence electrons. The van der Waals surface area contributed by atoms with E-state index in [1.54, 1.807) is 19.1 Å². The number of rotatable bonds is 6. The maximum atomic E-state index is 12.8. The van der Waals surface area contributed by atoms with Crippen molar-refractivity contribution in [1.29, 1.82) is 0 Å². The molecule has 1 aliphatic heterocycles. The number of carbonyl (C=O) groups is 1. The van der Waals surface area contributed by atoms with Gasteiger partial charge in [-0.15, -0.1) is 0 Å². The average Bonchev–Trinajstić information content (AvgIpc) is 2.50. The number of hydrogen-bond acceptors (Lipinski definition) is 5. The molecule has 0 amide bonds. The Morgan fingerprint density at radius 2 is 2.19 bits per heavy atom. The summed E-state index contributed by atoms with van der Waals surface area (Å²) in [7, 11) is 0. The minimum absolute atomic E-state index is 0.207. The van der Waals surface area contributed by atoms with Crippen molar-refractivity contribution in [2.24, 2.45) is 0 Å². The molecular weight excluding hydrogens is 275 g/mol. The molecule has 1 N–H and O–H groups in total. The van der Waals surface area contributed by atoms with Gasteiger partial charge in [0, 0.05) is 26.2 Å². The van der Waals surface area contributed by atoms with E-state index in [9.17, 15) is 9.18 Å². The topological polar surface area (TPSA) is 50.8 Å². The van der Waals surface area contributed by atoms with Crippen LogP contribution in [0.3, 0.4) is 0 Å². The Kier molecular flexibility index (Phi) is 5.95. The van der Waals surface area contributed by atoms with E-state index < -0.39 is 0 Å². The molecular formula is C15H21FN2O3. The van der Waals surface area contributed by atoms with Crippen molar-refractivity contribution in [3.63, 3.8) is 0 Å². The molecule has 1 aromatic carbocycles. The summed E-state index contributed by atoms with van der Waals surface area (Å²) in [5, 5.41) is 3.15. The predicted octanol–water partition coefficient (Wildman–Crippen LogP) is 1.04. The molecule has 0 aromatic heterocycles. The van der Waals surface area contributed by atoms with E-state index in [-0.39, 0.29) is 17.8 Å². The quantitative estimate of drug-likeness (QED) is 0.795. The largest absolute Gasteiger partial charge is 0.492 e. The highest BCUT2D eigenvalue weighted by molar-refractivity contribution is 5.76. The number of carbonyl (C=O) groups excluding carboxylic acids is 1. The molecule has 1 aliphatic rings. The van der Waals surface area contributed by atoms with E-state index in [0.29, 0.717) is 25.5 Å². The maximum absolute atomic E-state index is 12.8. The van der Waals surface area contributed by atoms with Crippen molar-refractivity contribution in [2.75, 3.05) is 39.4 Å². The number of nitrogens with zero attached hydrogens (tertiary/aromatic N) is 1. The van der Waals surface area contributed by atoms with Gasteiger partial charge in [-0.05, 0) is 31.2 Å². The Bertz CT molecular complexity index is 453. The molecule has 21 heavy (non-hydrogen) atoms. The van der Waals surface area contributed by atoms with Crippen molar-refractivity contribution >= 4 is 5.97 Å². The van der Waals surface area contributed by atoms with Gasteiger partial charge < -0.3 is 14.8 Å². The molecule has 0 spiro atoms. The lowest BCUT2D eigenvalue weighted by Gasteiger charge is -2.32. The van der Waals surface area contributed by atoms with Crippen LogP contribution in [0.2, 0.25) is 0 Å². The van der Waals surface area contributed by atoms with Gasteiger partial charge in [0.25, 0.3) is 0 Å². The minimum atomic E-state index is -0.276. The Hall–Kier alpha value is -1.66. The Labute approximate surface area is 124 Å². The Morgan fingerprint density at radius 3 is 2.90 bits per heavy atom. The van der Waals surface area contributed by atoms with Crippen LogP contribution < -0.4 is 10.1 Å². The molecule has 0 radical (unpaired) electrons. The van der Waals surface area contributed by atoms with Crippen LogP contribution in [-0.2, 0) is 9.53 Å². The third-order valence-electron chi connectivity index (χ3n) is 3.32. The molecule has 1 fully saturated rings. The summed E-state index contributed by atoms with van der Waals surface area (Å²) in [6.45, 7) is 5.64. The highest BCUT2D eigenvalue weighted by atomic mass is 19.1. The fourth-order valence-corrected chi connectivity index (χ4v) is 2.24. The zero-order valence-corrected chi connectivity index (χ0v) is 12.2. The van der Waals surface area contributed by atoms with Crippen molar-refractivity contribution in [2.45, 2.75) is 13.0 Å². The SMILES string of the molecule is CCOC(=O)C1CN(CCOc2ccc(F)cc2)CCN1. The van der Waals surface area contributed by atoms with Crippen molar-refractivity contribution in [1.82, 2.24) is 10.2 Å². The third-order valence-corrected chi connectivity index (χ3v) is 3.32. The van der Waals surface area contributed by atoms with Crippen LogP contribution >= 0.6 is 0 Å². The smallest absolute Gasteiger partial charge is 0.324 e. The first-order valence-electron chi connectivity index (χ1n) is 7.20. The standard InChI is InChI=1S/C15H21FN2O3/c1-2-20-15(19)14-11-18(8-7-17-14)9-10-21-13-5-3-12(16)4-6-13/h3-6,14,17H,2,7-11H2,1H3. The second-order valence-corrected chi connectivity index (χ2v) is 4.86. The third kappa shape index (κ3) is 4.99. The first-order valence-corrected chi connectivity index (χ1v) is 7.20. The van der Waals surface area contributed by atoms with Crippen LogP contribution in [0.1, 0.15) is 6.92 Å². The van der Waals surface area contributed by atoms with Gasteiger partial charge in [0.15, 0.2) is 0 Å². The molecule has 1 unspecified atom stereocenters. The van der Waals surface area contributed by atoms with E-state index in [4.69, 9.17) is 9.47 Å². The normalized spacial score (nSPS) is 19.2. The van der Waals surface area contributed by atoms with Crippen LogP contribution in [0.5, 0.6) is 5.75 Å². The summed E-state index contributed by atoms with van der Waals surface area (Å²) in [5.74, 6) is 0.164. The summed E-state index contributed by atoms with van der Waals surface area (Å²) in [5.41, 5.74) is 0. The van der Waals surface area contributed by atoms with Gasteiger partial charge in [-0.25, -0.2) is 4.39 Å². The van der Waals surface area contributed by atoms with Crippen LogP contribution in [0.4, 0.5) is 4.39 Å². The van der Waals surface area contributed by atoms with E-state index in [1.165, 1.54) is 12.1 Å². The van der Waals surface area contributed by atoms with E-state index in [0.717, 1.165) is 19.6 Å². The number of benzene rings is 1. The van der Waals surface area contributed by atoms with E-state index in [1.807, 2.05) is 0 Å². The summed E-state index contributed by atoms with van der Waals surface area (Å²) in [4.78, 5) is 13.8. The number of nitrogens with one attached hydrogen (secondary N) is 1. The van der Waals surface area contributed by atoms with Crippen LogP contribution in [-0.4, -0.2) is 56.3 Å². The highest BCUT2D eigenvalue weighted by Gasteiger charge is 2.25. The maximum Gasteiger partial charge on any atom is 0.324 e.